The van der Waals surface area contributed by atoms with Crippen molar-refractivity contribution in [3.8, 4) is 0 Å². The fourth-order valence-corrected chi connectivity index (χ4v) is 3.04. The zero-order valence-electron chi connectivity index (χ0n) is 13.3. The Morgan fingerprint density at radius 3 is 2.30 bits per heavy atom. The quantitative estimate of drug-likeness (QED) is 0.758. The summed E-state index contributed by atoms with van der Waals surface area (Å²) in [6.45, 7) is 8.52. The highest BCUT2D eigenvalue weighted by atomic mass is 79.9. The van der Waals surface area contributed by atoms with Gasteiger partial charge in [0.15, 0.2) is 0 Å². The van der Waals surface area contributed by atoms with Crippen molar-refractivity contribution in [2.45, 2.75) is 52.1 Å². The van der Waals surface area contributed by atoms with Crippen molar-refractivity contribution in [2.75, 3.05) is 13.6 Å². The van der Waals surface area contributed by atoms with Crippen molar-refractivity contribution < 1.29 is 0 Å². The molecule has 0 aliphatic heterocycles. The summed E-state index contributed by atoms with van der Waals surface area (Å²) in [4.78, 5) is 2.45. The van der Waals surface area contributed by atoms with Gasteiger partial charge in [0.1, 0.15) is 0 Å². The van der Waals surface area contributed by atoms with Crippen LogP contribution < -0.4 is 5.73 Å². The van der Waals surface area contributed by atoms with E-state index < -0.39 is 0 Å². The lowest BCUT2D eigenvalue weighted by molar-refractivity contribution is 0.0855. The molecule has 0 aliphatic carbocycles. The molecular weight excluding hydrogens is 312 g/mol. The van der Waals surface area contributed by atoms with Gasteiger partial charge in [-0.3, -0.25) is 4.90 Å². The van der Waals surface area contributed by atoms with E-state index in [1.54, 1.807) is 0 Å². The molecule has 0 bridgehead atoms. The van der Waals surface area contributed by atoms with Crippen molar-refractivity contribution >= 4 is 15.9 Å². The Morgan fingerprint density at radius 2 is 1.85 bits per heavy atom. The largest absolute Gasteiger partial charge is 0.329 e. The Morgan fingerprint density at radius 1 is 1.25 bits per heavy atom. The Labute approximate surface area is 132 Å². The van der Waals surface area contributed by atoms with Crippen LogP contribution in [-0.2, 0) is 6.54 Å². The first kappa shape index (κ1) is 17.7. The van der Waals surface area contributed by atoms with Crippen LogP contribution in [0.5, 0.6) is 0 Å². The lowest BCUT2D eigenvalue weighted by Crippen LogP contribution is -2.52. The van der Waals surface area contributed by atoms with Gasteiger partial charge in [-0.2, -0.15) is 0 Å². The summed E-state index contributed by atoms with van der Waals surface area (Å²) in [5.74, 6) is 0.714. The van der Waals surface area contributed by atoms with Crippen molar-refractivity contribution in [1.29, 1.82) is 0 Å². The number of benzene rings is 1. The van der Waals surface area contributed by atoms with Crippen LogP contribution in [0.3, 0.4) is 0 Å². The van der Waals surface area contributed by atoms with Crippen LogP contribution in [0.1, 0.15) is 45.6 Å². The summed E-state index contributed by atoms with van der Waals surface area (Å²) in [6.07, 6.45) is 3.48. The Bertz CT molecular complexity index is 384. The molecule has 0 heterocycles. The third kappa shape index (κ3) is 4.57. The van der Waals surface area contributed by atoms with E-state index in [1.165, 1.54) is 18.4 Å². The second-order valence-corrected chi connectivity index (χ2v) is 6.90. The average molecular weight is 341 g/mol. The van der Waals surface area contributed by atoms with Gasteiger partial charge in [0, 0.05) is 23.1 Å². The van der Waals surface area contributed by atoms with Crippen LogP contribution in [-0.4, -0.2) is 24.0 Å². The van der Waals surface area contributed by atoms with Gasteiger partial charge in [0.05, 0.1) is 0 Å². The first-order valence-corrected chi connectivity index (χ1v) is 8.42. The topological polar surface area (TPSA) is 29.3 Å². The van der Waals surface area contributed by atoms with Crippen molar-refractivity contribution in [3.63, 3.8) is 0 Å². The predicted octanol–water partition coefficient (Wildman–Crippen LogP) is 4.42. The van der Waals surface area contributed by atoms with Gasteiger partial charge < -0.3 is 5.73 Å². The average Bonchev–Trinajstić information content (AvgIpc) is 2.46. The molecule has 0 spiro atoms. The number of nitrogens with two attached hydrogens (primary N) is 1. The lowest BCUT2D eigenvalue weighted by Gasteiger charge is -2.42. The molecule has 0 aromatic heterocycles. The maximum Gasteiger partial charge on any atom is 0.0332 e. The zero-order chi connectivity index (χ0) is 15.2. The third-order valence-electron chi connectivity index (χ3n) is 4.61. The fraction of sp³-hybridized carbons (Fsp3) is 0.647. The van der Waals surface area contributed by atoms with Gasteiger partial charge in [0.2, 0.25) is 0 Å². The zero-order valence-corrected chi connectivity index (χ0v) is 14.9. The smallest absolute Gasteiger partial charge is 0.0332 e. The number of hydrogen-bond donors (Lipinski definition) is 1. The summed E-state index contributed by atoms with van der Waals surface area (Å²) < 4.78 is 1.13. The standard InChI is InChI=1S/C17H29BrN2/c1-5-14(3)11-17(6-2,13-19)20(4)12-15-7-9-16(18)10-8-15/h7-10,14H,5-6,11-13,19H2,1-4H3. The number of likely N-dealkylation sites (N-methyl/N-ethyl adjacent to an activating group) is 1. The number of nitrogens with zero attached hydrogens (tertiary/aromatic N) is 1. The van der Waals surface area contributed by atoms with Crippen LogP contribution in [0, 0.1) is 5.92 Å². The minimum absolute atomic E-state index is 0.114. The van der Waals surface area contributed by atoms with Crippen LogP contribution in [0.25, 0.3) is 0 Å². The van der Waals surface area contributed by atoms with E-state index in [-0.39, 0.29) is 5.54 Å². The minimum atomic E-state index is 0.114. The monoisotopic (exact) mass is 340 g/mol. The molecule has 2 unspecified atom stereocenters. The fourth-order valence-electron chi connectivity index (χ4n) is 2.78. The van der Waals surface area contributed by atoms with Gasteiger partial charge in [-0.15, -0.1) is 0 Å². The van der Waals surface area contributed by atoms with E-state index in [9.17, 15) is 0 Å². The third-order valence-corrected chi connectivity index (χ3v) is 5.13. The maximum absolute atomic E-state index is 6.15. The normalized spacial score (nSPS) is 16.1. The molecule has 0 fully saturated rings. The van der Waals surface area contributed by atoms with Crippen molar-refractivity contribution in [1.82, 2.24) is 4.90 Å². The molecular formula is C17H29BrN2. The van der Waals surface area contributed by atoms with E-state index in [0.29, 0.717) is 5.92 Å². The summed E-state index contributed by atoms with van der Waals surface area (Å²) in [7, 11) is 2.21. The molecule has 0 aliphatic rings. The second-order valence-electron chi connectivity index (χ2n) is 5.98. The Kier molecular flexibility index (Phi) is 7.21. The molecule has 2 nitrogen and oxygen atoms in total. The first-order chi connectivity index (χ1) is 9.47. The van der Waals surface area contributed by atoms with Crippen molar-refractivity contribution in [3.05, 3.63) is 34.3 Å². The minimum Gasteiger partial charge on any atom is -0.329 e. The maximum atomic E-state index is 6.15. The highest BCUT2D eigenvalue weighted by Gasteiger charge is 2.32. The van der Waals surface area contributed by atoms with Crippen molar-refractivity contribution in [2.24, 2.45) is 11.7 Å². The molecule has 1 aromatic carbocycles. The van der Waals surface area contributed by atoms with E-state index >= 15 is 0 Å². The van der Waals surface area contributed by atoms with E-state index in [4.69, 9.17) is 5.73 Å². The summed E-state index contributed by atoms with van der Waals surface area (Å²) >= 11 is 3.49. The summed E-state index contributed by atoms with van der Waals surface area (Å²) in [6, 6.07) is 8.57. The number of rotatable bonds is 8. The molecule has 0 amide bonds. The van der Waals surface area contributed by atoms with Gasteiger partial charge in [0.25, 0.3) is 0 Å². The van der Waals surface area contributed by atoms with Crippen LogP contribution in [0.15, 0.2) is 28.7 Å². The Balaban J connectivity index is 2.82. The first-order valence-electron chi connectivity index (χ1n) is 7.63. The van der Waals surface area contributed by atoms with Gasteiger partial charge in [-0.25, -0.2) is 0 Å². The van der Waals surface area contributed by atoms with E-state index in [2.05, 4.69) is 72.9 Å². The van der Waals surface area contributed by atoms with Gasteiger partial charge in [-0.05, 0) is 43.5 Å². The number of hydrogen-bond acceptors (Lipinski definition) is 2. The SMILES string of the molecule is CCC(C)CC(CC)(CN)N(C)Cc1ccc(Br)cc1. The molecule has 2 atom stereocenters. The molecule has 1 aromatic rings. The van der Waals surface area contributed by atoms with Crippen LogP contribution >= 0.6 is 15.9 Å². The predicted molar refractivity (Wildman–Crippen MR) is 91.8 cm³/mol. The summed E-state index contributed by atoms with van der Waals surface area (Å²) in [5.41, 5.74) is 7.60. The molecule has 0 saturated heterocycles. The highest BCUT2D eigenvalue weighted by molar-refractivity contribution is 9.10. The molecule has 0 radical (unpaired) electrons. The molecule has 1 rings (SSSR count). The number of halogens is 1. The summed E-state index contributed by atoms with van der Waals surface area (Å²) in [5, 5.41) is 0. The molecule has 114 valence electrons. The highest BCUT2D eigenvalue weighted by Crippen LogP contribution is 2.29. The van der Waals surface area contributed by atoms with Gasteiger partial charge >= 0.3 is 0 Å². The molecule has 3 heteroatoms. The lowest BCUT2D eigenvalue weighted by atomic mass is 9.83. The molecule has 20 heavy (non-hydrogen) atoms. The van der Waals surface area contributed by atoms with Gasteiger partial charge in [-0.1, -0.05) is 55.3 Å². The molecule has 0 saturated carbocycles. The second kappa shape index (κ2) is 8.16. The van der Waals surface area contributed by atoms with E-state index in [0.717, 1.165) is 24.0 Å². The van der Waals surface area contributed by atoms with Crippen LogP contribution in [0.4, 0.5) is 0 Å². The molecule has 2 N–H and O–H groups in total. The van der Waals surface area contributed by atoms with E-state index in [1.807, 2.05) is 0 Å². The van der Waals surface area contributed by atoms with Crippen LogP contribution in [0.2, 0.25) is 0 Å². The Hall–Kier alpha value is -0.380.